The number of hydrazone groups is 1. The molecule has 0 atom stereocenters. The van der Waals surface area contributed by atoms with Crippen molar-refractivity contribution in [2.24, 2.45) is 10.5 Å². The van der Waals surface area contributed by atoms with Crippen molar-refractivity contribution >= 4 is 28.1 Å². The number of nitrogens with one attached hydrogen (secondary N) is 1. The van der Waals surface area contributed by atoms with Gasteiger partial charge in [-0.1, -0.05) is 6.42 Å². The molecule has 4 rings (SSSR count). The minimum Gasteiger partial charge on any atom is -0.329 e. The van der Waals surface area contributed by atoms with E-state index in [4.69, 9.17) is 0 Å². The Labute approximate surface area is 121 Å². The zero-order chi connectivity index (χ0) is 14.6. The summed E-state index contributed by atoms with van der Waals surface area (Å²) in [5.74, 6) is 0.0652. The van der Waals surface area contributed by atoms with Crippen molar-refractivity contribution in [2.75, 3.05) is 5.01 Å². The van der Waals surface area contributed by atoms with Gasteiger partial charge in [-0.15, -0.1) is 0 Å². The fourth-order valence-corrected chi connectivity index (χ4v) is 3.24. The average molecular weight is 281 g/mol. The van der Waals surface area contributed by atoms with Crippen LogP contribution < -0.4 is 10.6 Å². The van der Waals surface area contributed by atoms with Crippen molar-refractivity contribution in [2.45, 2.75) is 26.2 Å². The molecule has 0 radical (unpaired) electrons. The van der Waals surface area contributed by atoms with Crippen LogP contribution >= 0.6 is 0 Å². The summed E-state index contributed by atoms with van der Waals surface area (Å²) in [7, 11) is 0. The molecular formula is C16H15N3O2. The number of H-pyrrole nitrogens is 1. The molecule has 1 saturated carbocycles. The molecule has 106 valence electrons. The Morgan fingerprint density at radius 3 is 2.71 bits per heavy atom. The van der Waals surface area contributed by atoms with Crippen LogP contribution in [0.3, 0.4) is 0 Å². The first-order valence-electron chi connectivity index (χ1n) is 7.13. The van der Waals surface area contributed by atoms with Gasteiger partial charge in [-0.3, -0.25) is 9.59 Å². The van der Waals surface area contributed by atoms with Gasteiger partial charge in [0.2, 0.25) is 0 Å². The number of anilines is 1. The van der Waals surface area contributed by atoms with Gasteiger partial charge in [-0.05, 0) is 49.4 Å². The van der Waals surface area contributed by atoms with Crippen molar-refractivity contribution < 1.29 is 4.79 Å². The van der Waals surface area contributed by atoms with E-state index in [-0.39, 0.29) is 16.9 Å². The SMILES string of the molecule is CC1=NN(c2ccc3c(=O)[nH]ccc3c2)C(=O)C12CCC2. The van der Waals surface area contributed by atoms with E-state index in [1.807, 2.05) is 19.1 Å². The van der Waals surface area contributed by atoms with E-state index >= 15 is 0 Å². The molecule has 2 heterocycles. The summed E-state index contributed by atoms with van der Waals surface area (Å²) >= 11 is 0. The fourth-order valence-electron chi connectivity index (χ4n) is 3.24. The molecule has 21 heavy (non-hydrogen) atoms. The predicted octanol–water partition coefficient (Wildman–Crippen LogP) is 2.42. The minimum absolute atomic E-state index is 0.0652. The van der Waals surface area contributed by atoms with E-state index in [1.165, 1.54) is 5.01 Å². The van der Waals surface area contributed by atoms with Crippen LogP contribution in [0.4, 0.5) is 5.69 Å². The number of rotatable bonds is 1. The third-order valence-corrected chi connectivity index (χ3v) is 4.75. The highest BCUT2D eigenvalue weighted by atomic mass is 16.2. The number of hydrogen-bond acceptors (Lipinski definition) is 3. The molecule has 0 bridgehead atoms. The Balaban J connectivity index is 1.81. The molecule has 0 unspecified atom stereocenters. The number of carbonyl (C=O) groups excluding carboxylic acids is 1. The summed E-state index contributed by atoms with van der Waals surface area (Å²) in [5, 5.41) is 7.38. The highest BCUT2D eigenvalue weighted by molar-refractivity contribution is 6.19. The average Bonchev–Trinajstić information content (AvgIpc) is 2.70. The highest BCUT2D eigenvalue weighted by Gasteiger charge is 2.53. The van der Waals surface area contributed by atoms with E-state index in [1.54, 1.807) is 18.3 Å². The van der Waals surface area contributed by atoms with Gasteiger partial charge in [-0.25, -0.2) is 0 Å². The topological polar surface area (TPSA) is 65.5 Å². The molecule has 2 aliphatic rings. The molecular weight excluding hydrogens is 266 g/mol. The zero-order valence-electron chi connectivity index (χ0n) is 11.7. The maximum absolute atomic E-state index is 12.7. The van der Waals surface area contributed by atoms with E-state index in [0.29, 0.717) is 5.39 Å². The Kier molecular flexibility index (Phi) is 2.37. The monoisotopic (exact) mass is 281 g/mol. The van der Waals surface area contributed by atoms with Crippen molar-refractivity contribution in [1.29, 1.82) is 0 Å². The van der Waals surface area contributed by atoms with Crippen molar-refractivity contribution in [1.82, 2.24) is 4.98 Å². The number of carbonyl (C=O) groups is 1. The number of aromatic nitrogens is 1. The Bertz CT molecular complexity index is 846. The first-order chi connectivity index (χ1) is 10.1. The van der Waals surface area contributed by atoms with Gasteiger partial charge in [0.15, 0.2) is 0 Å². The maximum atomic E-state index is 12.7. The number of fused-ring (bicyclic) bond motifs is 1. The van der Waals surface area contributed by atoms with E-state index in [0.717, 1.165) is 36.0 Å². The molecule has 1 aromatic heterocycles. The van der Waals surface area contributed by atoms with Crippen molar-refractivity contribution in [3.8, 4) is 0 Å². The van der Waals surface area contributed by atoms with Crippen LogP contribution in [-0.2, 0) is 4.79 Å². The van der Waals surface area contributed by atoms with E-state index < -0.39 is 0 Å². The van der Waals surface area contributed by atoms with Crippen LogP contribution in [0.25, 0.3) is 10.8 Å². The van der Waals surface area contributed by atoms with Gasteiger partial charge in [0, 0.05) is 11.6 Å². The molecule has 1 fully saturated rings. The first-order valence-corrected chi connectivity index (χ1v) is 7.13. The summed E-state index contributed by atoms with van der Waals surface area (Å²) in [6, 6.07) is 7.20. The van der Waals surface area contributed by atoms with Gasteiger partial charge >= 0.3 is 0 Å². The lowest BCUT2D eigenvalue weighted by molar-refractivity contribution is -0.126. The third-order valence-electron chi connectivity index (χ3n) is 4.75. The molecule has 1 aliphatic carbocycles. The van der Waals surface area contributed by atoms with Crippen molar-refractivity contribution in [3.05, 3.63) is 40.8 Å². The predicted molar refractivity (Wildman–Crippen MR) is 81.4 cm³/mol. The largest absolute Gasteiger partial charge is 0.329 e. The Hall–Kier alpha value is -2.43. The van der Waals surface area contributed by atoms with Crippen LogP contribution in [0.2, 0.25) is 0 Å². The number of amides is 1. The van der Waals surface area contributed by atoms with E-state index in [9.17, 15) is 9.59 Å². The highest BCUT2D eigenvalue weighted by Crippen LogP contribution is 2.48. The van der Waals surface area contributed by atoms with Gasteiger partial charge < -0.3 is 4.98 Å². The number of aromatic amines is 1. The van der Waals surface area contributed by atoms with Crippen LogP contribution in [0.15, 0.2) is 40.4 Å². The zero-order valence-corrected chi connectivity index (χ0v) is 11.7. The standard InChI is InChI=1S/C16H15N3O2/c1-10-16(6-2-7-16)15(21)19(18-10)12-3-4-13-11(9-12)5-8-17-14(13)20/h3-5,8-9H,2,6-7H2,1H3,(H,17,20). The van der Waals surface area contributed by atoms with Crippen LogP contribution in [0.1, 0.15) is 26.2 Å². The number of nitrogens with zero attached hydrogens (tertiary/aromatic N) is 2. The molecule has 1 amide bonds. The minimum atomic E-state index is -0.358. The molecule has 0 saturated heterocycles. The summed E-state index contributed by atoms with van der Waals surface area (Å²) < 4.78 is 0. The van der Waals surface area contributed by atoms with Gasteiger partial charge in [0.1, 0.15) is 0 Å². The smallest absolute Gasteiger partial charge is 0.259 e. The summed E-state index contributed by atoms with van der Waals surface area (Å²) in [4.78, 5) is 27.0. The number of pyridine rings is 1. The summed E-state index contributed by atoms with van der Waals surface area (Å²) in [5.41, 5.74) is 1.15. The second-order valence-corrected chi connectivity index (χ2v) is 5.82. The first kappa shape index (κ1) is 12.3. The molecule has 2 aromatic rings. The molecule has 1 aromatic carbocycles. The number of hydrogen-bond donors (Lipinski definition) is 1. The van der Waals surface area contributed by atoms with Crippen molar-refractivity contribution in [3.63, 3.8) is 0 Å². The van der Waals surface area contributed by atoms with E-state index in [2.05, 4.69) is 10.1 Å². The van der Waals surface area contributed by atoms with Crippen LogP contribution in [0, 0.1) is 5.41 Å². The Morgan fingerprint density at radius 1 is 1.24 bits per heavy atom. The summed E-state index contributed by atoms with van der Waals surface area (Å²) in [6.45, 7) is 1.93. The maximum Gasteiger partial charge on any atom is 0.259 e. The van der Waals surface area contributed by atoms with Gasteiger partial charge in [0.05, 0.1) is 16.8 Å². The second-order valence-electron chi connectivity index (χ2n) is 5.82. The molecule has 1 spiro atoms. The fraction of sp³-hybridized carbons (Fsp3) is 0.312. The third kappa shape index (κ3) is 1.54. The lowest BCUT2D eigenvalue weighted by atomic mass is 9.66. The van der Waals surface area contributed by atoms with Crippen LogP contribution in [0.5, 0.6) is 0 Å². The Morgan fingerprint density at radius 2 is 2.05 bits per heavy atom. The molecule has 1 aliphatic heterocycles. The van der Waals surface area contributed by atoms with Gasteiger partial charge in [-0.2, -0.15) is 10.1 Å². The second kappa shape index (κ2) is 4.04. The molecule has 5 nitrogen and oxygen atoms in total. The van der Waals surface area contributed by atoms with Gasteiger partial charge in [0.25, 0.3) is 11.5 Å². The molecule has 1 N–H and O–H groups in total. The summed E-state index contributed by atoms with van der Waals surface area (Å²) in [6.07, 6.45) is 4.48. The quantitative estimate of drug-likeness (QED) is 0.872. The molecule has 5 heteroatoms. The lowest BCUT2D eigenvalue weighted by Gasteiger charge is -2.36. The van der Waals surface area contributed by atoms with Crippen LogP contribution in [-0.4, -0.2) is 16.6 Å². The lowest BCUT2D eigenvalue weighted by Crippen LogP contribution is -2.44. The normalized spacial score (nSPS) is 20.0. The number of benzene rings is 1.